The molecule has 0 saturated heterocycles. The molecule has 0 atom stereocenters. The van der Waals surface area contributed by atoms with Crippen molar-refractivity contribution in [3.8, 4) is 0 Å². The number of imidazole rings is 1. The van der Waals surface area contributed by atoms with Crippen LogP contribution >= 0.6 is 0 Å². The Morgan fingerprint density at radius 2 is 2.11 bits per heavy atom. The van der Waals surface area contributed by atoms with Crippen LogP contribution in [0.3, 0.4) is 0 Å². The molecule has 2 heterocycles. The molecule has 0 amide bonds. The number of aryl methyl sites for hydroxylation is 1. The molecule has 0 aliphatic carbocycles. The molecule has 4 nitrogen and oxygen atoms in total. The van der Waals surface area contributed by atoms with E-state index in [2.05, 4.69) is 18.8 Å². The summed E-state index contributed by atoms with van der Waals surface area (Å²) in [7, 11) is 0. The highest BCUT2D eigenvalue weighted by Crippen LogP contribution is 2.27. The second kappa shape index (κ2) is 4.80. The average Bonchev–Trinajstić information content (AvgIpc) is 2.68. The van der Waals surface area contributed by atoms with Crippen molar-refractivity contribution in [3.63, 3.8) is 0 Å². The zero-order valence-corrected chi connectivity index (χ0v) is 11.0. The van der Waals surface area contributed by atoms with E-state index in [-0.39, 0.29) is 5.92 Å². The number of pyridine rings is 1. The Morgan fingerprint density at radius 1 is 1.44 bits per heavy atom. The third-order valence-electron chi connectivity index (χ3n) is 3.38. The molecule has 2 aromatic rings. The largest absolute Gasteiger partial charge is 0.477 e. The van der Waals surface area contributed by atoms with Gasteiger partial charge in [0.05, 0.1) is 5.69 Å². The molecule has 0 aliphatic rings. The molecular formula is C14H18N2O2. The van der Waals surface area contributed by atoms with Gasteiger partial charge in [0.25, 0.3) is 0 Å². The van der Waals surface area contributed by atoms with Crippen LogP contribution in [0.5, 0.6) is 0 Å². The Kier molecular flexibility index (Phi) is 3.36. The fourth-order valence-electron chi connectivity index (χ4n) is 2.34. The first-order valence-corrected chi connectivity index (χ1v) is 6.30. The lowest BCUT2D eigenvalue weighted by atomic mass is 9.98. The molecule has 0 saturated carbocycles. The van der Waals surface area contributed by atoms with Gasteiger partial charge in [-0.15, -0.1) is 0 Å². The molecule has 0 unspecified atom stereocenters. The summed E-state index contributed by atoms with van der Waals surface area (Å²) in [5.74, 6) is -0.704. The highest BCUT2D eigenvalue weighted by atomic mass is 16.4. The first-order valence-electron chi connectivity index (χ1n) is 6.30. The predicted octanol–water partition coefficient (Wildman–Crippen LogP) is 3.24. The Hall–Kier alpha value is -1.84. The van der Waals surface area contributed by atoms with Crippen LogP contribution in [0, 0.1) is 6.92 Å². The summed E-state index contributed by atoms with van der Waals surface area (Å²) < 4.78 is 1.67. The van der Waals surface area contributed by atoms with Crippen molar-refractivity contribution in [2.45, 2.75) is 39.5 Å². The van der Waals surface area contributed by atoms with E-state index in [4.69, 9.17) is 0 Å². The number of carbonyl (C=O) groups is 1. The highest BCUT2D eigenvalue weighted by Gasteiger charge is 2.23. The van der Waals surface area contributed by atoms with Crippen LogP contribution in [0.4, 0.5) is 0 Å². The molecule has 0 fully saturated rings. The summed E-state index contributed by atoms with van der Waals surface area (Å²) in [5, 5.41) is 9.40. The van der Waals surface area contributed by atoms with Gasteiger partial charge in [0.15, 0.2) is 5.69 Å². The minimum Gasteiger partial charge on any atom is -0.477 e. The molecule has 18 heavy (non-hydrogen) atoms. The van der Waals surface area contributed by atoms with Crippen molar-refractivity contribution < 1.29 is 9.90 Å². The second-order valence-electron chi connectivity index (χ2n) is 4.60. The average molecular weight is 246 g/mol. The van der Waals surface area contributed by atoms with E-state index >= 15 is 0 Å². The van der Waals surface area contributed by atoms with Crippen LogP contribution in [0.2, 0.25) is 0 Å². The fraction of sp³-hybridized carbons (Fsp3) is 0.429. The van der Waals surface area contributed by atoms with Crippen molar-refractivity contribution in [1.82, 2.24) is 9.38 Å². The van der Waals surface area contributed by atoms with Gasteiger partial charge in [0, 0.05) is 12.1 Å². The smallest absolute Gasteiger partial charge is 0.354 e. The van der Waals surface area contributed by atoms with Gasteiger partial charge in [-0.2, -0.15) is 0 Å². The minimum atomic E-state index is -0.909. The summed E-state index contributed by atoms with van der Waals surface area (Å²) in [6.07, 6.45) is 3.59. The molecule has 0 aliphatic heterocycles. The normalized spacial score (nSPS) is 11.3. The van der Waals surface area contributed by atoms with Gasteiger partial charge in [-0.3, -0.25) is 4.40 Å². The van der Waals surface area contributed by atoms with Crippen LogP contribution in [0.25, 0.3) is 5.65 Å². The number of aromatic nitrogens is 2. The summed E-state index contributed by atoms with van der Waals surface area (Å²) in [5.41, 5.74) is 2.81. The van der Waals surface area contributed by atoms with Crippen LogP contribution in [-0.4, -0.2) is 20.5 Å². The van der Waals surface area contributed by atoms with E-state index in [1.54, 1.807) is 10.6 Å². The summed E-state index contributed by atoms with van der Waals surface area (Å²) in [6.45, 7) is 6.11. The lowest BCUT2D eigenvalue weighted by Crippen LogP contribution is -2.08. The Balaban J connectivity index is 2.72. The second-order valence-corrected chi connectivity index (χ2v) is 4.60. The number of hydrogen-bond donors (Lipinski definition) is 1. The van der Waals surface area contributed by atoms with Crippen molar-refractivity contribution >= 4 is 11.6 Å². The molecule has 2 aromatic heterocycles. The van der Waals surface area contributed by atoms with Gasteiger partial charge in [-0.1, -0.05) is 13.8 Å². The molecule has 0 bridgehead atoms. The quantitative estimate of drug-likeness (QED) is 0.901. The van der Waals surface area contributed by atoms with E-state index < -0.39 is 5.97 Å². The Bertz CT molecular complexity index is 583. The first-order chi connectivity index (χ1) is 8.58. The van der Waals surface area contributed by atoms with E-state index in [9.17, 15) is 9.90 Å². The number of carboxylic acid groups (broad SMARTS) is 1. The summed E-state index contributed by atoms with van der Waals surface area (Å²) in [4.78, 5) is 16.0. The number of carboxylic acids is 1. The van der Waals surface area contributed by atoms with Crippen LogP contribution < -0.4 is 0 Å². The third kappa shape index (κ3) is 1.98. The third-order valence-corrected chi connectivity index (χ3v) is 3.38. The van der Waals surface area contributed by atoms with Gasteiger partial charge in [-0.25, -0.2) is 9.78 Å². The van der Waals surface area contributed by atoms with Crippen LogP contribution in [0.15, 0.2) is 18.3 Å². The maximum absolute atomic E-state index is 11.5. The first kappa shape index (κ1) is 12.6. The lowest BCUT2D eigenvalue weighted by molar-refractivity contribution is 0.0687. The molecule has 0 aromatic carbocycles. The van der Waals surface area contributed by atoms with E-state index in [0.717, 1.165) is 18.4 Å². The SMILES string of the molecule is CCC(CC)c1nc2cc(C)ccn2c1C(=O)O. The van der Waals surface area contributed by atoms with E-state index in [1.165, 1.54) is 0 Å². The number of fused-ring (bicyclic) bond motifs is 1. The van der Waals surface area contributed by atoms with Gasteiger partial charge in [0.2, 0.25) is 0 Å². The molecule has 4 heteroatoms. The van der Waals surface area contributed by atoms with Gasteiger partial charge in [0.1, 0.15) is 5.65 Å². The van der Waals surface area contributed by atoms with E-state index in [0.29, 0.717) is 17.0 Å². The topological polar surface area (TPSA) is 54.6 Å². The zero-order chi connectivity index (χ0) is 13.3. The molecular weight excluding hydrogens is 228 g/mol. The van der Waals surface area contributed by atoms with Crippen molar-refractivity contribution in [2.24, 2.45) is 0 Å². The maximum atomic E-state index is 11.5. The summed E-state index contributed by atoms with van der Waals surface area (Å²) >= 11 is 0. The van der Waals surface area contributed by atoms with Gasteiger partial charge in [-0.05, 0) is 37.5 Å². The maximum Gasteiger partial charge on any atom is 0.354 e. The molecule has 1 N–H and O–H groups in total. The van der Waals surface area contributed by atoms with Crippen LogP contribution in [0.1, 0.15) is 54.4 Å². The molecule has 0 radical (unpaired) electrons. The number of nitrogens with zero attached hydrogens (tertiary/aromatic N) is 2. The van der Waals surface area contributed by atoms with Gasteiger partial charge < -0.3 is 5.11 Å². The number of hydrogen-bond acceptors (Lipinski definition) is 2. The fourth-order valence-corrected chi connectivity index (χ4v) is 2.34. The van der Waals surface area contributed by atoms with Crippen molar-refractivity contribution in [3.05, 3.63) is 35.3 Å². The van der Waals surface area contributed by atoms with E-state index in [1.807, 2.05) is 19.1 Å². The molecule has 96 valence electrons. The van der Waals surface area contributed by atoms with Crippen LogP contribution in [-0.2, 0) is 0 Å². The zero-order valence-electron chi connectivity index (χ0n) is 11.0. The highest BCUT2D eigenvalue weighted by molar-refractivity contribution is 5.88. The Morgan fingerprint density at radius 3 is 2.67 bits per heavy atom. The van der Waals surface area contributed by atoms with Gasteiger partial charge >= 0.3 is 5.97 Å². The molecule has 2 rings (SSSR count). The van der Waals surface area contributed by atoms with Crippen molar-refractivity contribution in [1.29, 1.82) is 0 Å². The van der Waals surface area contributed by atoms with Crippen molar-refractivity contribution in [2.75, 3.05) is 0 Å². The molecule has 0 spiro atoms. The number of rotatable bonds is 4. The standard InChI is InChI=1S/C14H18N2O2/c1-4-10(5-2)12-13(14(17)18)16-7-6-9(3)8-11(16)15-12/h6-8,10H,4-5H2,1-3H3,(H,17,18). The number of aromatic carboxylic acids is 1. The minimum absolute atomic E-state index is 0.205. The predicted molar refractivity (Wildman–Crippen MR) is 70.2 cm³/mol. The Labute approximate surface area is 106 Å². The summed E-state index contributed by atoms with van der Waals surface area (Å²) in [6, 6.07) is 3.82. The lowest BCUT2D eigenvalue weighted by Gasteiger charge is -2.09. The monoisotopic (exact) mass is 246 g/mol.